The molecule has 0 atom stereocenters. The van der Waals surface area contributed by atoms with Crippen molar-refractivity contribution < 1.29 is 18.7 Å². The third-order valence-corrected chi connectivity index (χ3v) is 5.70. The summed E-state index contributed by atoms with van der Waals surface area (Å²) in [6.07, 6.45) is 3.16. The number of halogens is 1. The number of fused-ring (bicyclic) bond motifs is 1. The third-order valence-electron chi connectivity index (χ3n) is 4.82. The van der Waals surface area contributed by atoms with Gasteiger partial charge in [-0.1, -0.05) is 18.2 Å². The van der Waals surface area contributed by atoms with E-state index in [1.165, 1.54) is 46.4 Å². The van der Waals surface area contributed by atoms with Gasteiger partial charge in [-0.15, -0.1) is 11.3 Å². The van der Waals surface area contributed by atoms with Crippen molar-refractivity contribution in [1.29, 1.82) is 0 Å². The number of esters is 1. The molecule has 0 aliphatic heterocycles. The molecule has 29 heavy (non-hydrogen) atoms. The number of nitrogens with zero attached hydrogens (tertiary/aromatic N) is 2. The number of aryl methyl sites for hydroxylation is 2. The molecule has 4 rings (SSSR count). The molecule has 0 saturated heterocycles. The minimum atomic E-state index is -0.512. The molecule has 5 nitrogen and oxygen atoms in total. The number of para-hydroxylation sites is 1. The van der Waals surface area contributed by atoms with Crippen LogP contribution in [-0.4, -0.2) is 16.9 Å². The molecule has 1 amide bonds. The monoisotopic (exact) mass is 410 g/mol. The summed E-state index contributed by atoms with van der Waals surface area (Å²) in [5.74, 6) is -1.28. The van der Waals surface area contributed by atoms with Gasteiger partial charge < -0.3 is 4.74 Å². The predicted octanol–water partition coefficient (Wildman–Crippen LogP) is 4.81. The number of carbonyl (C=O) groups excluding carboxylic acids is 2. The molecule has 0 fully saturated rings. The van der Waals surface area contributed by atoms with Gasteiger partial charge >= 0.3 is 5.97 Å². The van der Waals surface area contributed by atoms with Crippen LogP contribution in [0.2, 0.25) is 0 Å². The Kier molecular flexibility index (Phi) is 5.40. The van der Waals surface area contributed by atoms with Crippen LogP contribution < -0.4 is 4.90 Å². The highest BCUT2D eigenvalue weighted by Crippen LogP contribution is 2.31. The fourth-order valence-corrected chi connectivity index (χ4v) is 4.29. The normalized spacial score (nSPS) is 12.5. The van der Waals surface area contributed by atoms with Crippen molar-refractivity contribution in [1.82, 2.24) is 4.98 Å². The first-order valence-corrected chi connectivity index (χ1v) is 10.2. The number of ether oxygens (including phenoxy) is 1. The van der Waals surface area contributed by atoms with Gasteiger partial charge in [0.25, 0.3) is 0 Å². The van der Waals surface area contributed by atoms with Crippen LogP contribution in [0.25, 0.3) is 0 Å². The van der Waals surface area contributed by atoms with E-state index < -0.39 is 11.8 Å². The summed E-state index contributed by atoms with van der Waals surface area (Å²) in [5.41, 5.74) is 3.66. The van der Waals surface area contributed by atoms with Crippen LogP contribution in [0.4, 0.5) is 15.2 Å². The lowest BCUT2D eigenvalue weighted by molar-refractivity contribution is -0.115. The molecule has 2 aromatic carbocycles. The number of thiazole rings is 1. The summed E-state index contributed by atoms with van der Waals surface area (Å²) in [6, 6.07) is 11.7. The maximum Gasteiger partial charge on any atom is 0.338 e. The average molecular weight is 410 g/mol. The summed E-state index contributed by atoms with van der Waals surface area (Å²) in [5, 5.41) is 2.02. The van der Waals surface area contributed by atoms with Crippen LogP contribution in [0.5, 0.6) is 0 Å². The van der Waals surface area contributed by atoms with Crippen molar-refractivity contribution in [3.8, 4) is 0 Å². The van der Waals surface area contributed by atoms with E-state index in [1.807, 2.05) is 12.1 Å². The van der Waals surface area contributed by atoms with E-state index in [1.54, 1.807) is 23.6 Å². The lowest BCUT2D eigenvalue weighted by atomic mass is 10.1. The highest BCUT2D eigenvalue weighted by molar-refractivity contribution is 7.14. The maximum atomic E-state index is 14.1. The van der Waals surface area contributed by atoms with E-state index in [0.29, 0.717) is 16.4 Å². The van der Waals surface area contributed by atoms with Crippen molar-refractivity contribution in [2.75, 3.05) is 4.90 Å². The molecule has 0 bridgehead atoms. The zero-order valence-electron chi connectivity index (χ0n) is 15.9. The van der Waals surface area contributed by atoms with Crippen LogP contribution in [0.3, 0.4) is 0 Å². The maximum absolute atomic E-state index is 14.1. The second kappa shape index (κ2) is 8.13. The van der Waals surface area contributed by atoms with Gasteiger partial charge in [0.2, 0.25) is 5.91 Å². The minimum Gasteiger partial charge on any atom is -0.456 e. The Morgan fingerprint density at radius 1 is 1.17 bits per heavy atom. The molecule has 0 N–H and O–H groups in total. The summed E-state index contributed by atoms with van der Waals surface area (Å²) in [7, 11) is 0. The number of aromatic nitrogens is 1. The largest absolute Gasteiger partial charge is 0.456 e. The summed E-state index contributed by atoms with van der Waals surface area (Å²) in [4.78, 5) is 30.0. The smallest absolute Gasteiger partial charge is 0.338 e. The molecule has 1 aliphatic carbocycles. The van der Waals surface area contributed by atoms with E-state index in [9.17, 15) is 14.0 Å². The number of benzene rings is 2. The fraction of sp³-hybridized carbons (Fsp3) is 0.227. The Bertz CT molecular complexity index is 1080. The fourth-order valence-electron chi connectivity index (χ4n) is 3.43. The van der Waals surface area contributed by atoms with Gasteiger partial charge in [-0.3, -0.25) is 9.69 Å². The highest BCUT2D eigenvalue weighted by Gasteiger charge is 2.21. The van der Waals surface area contributed by atoms with E-state index >= 15 is 0 Å². The molecule has 1 heterocycles. The van der Waals surface area contributed by atoms with Crippen molar-refractivity contribution in [3.63, 3.8) is 0 Å². The molecule has 0 radical (unpaired) electrons. The van der Waals surface area contributed by atoms with Crippen LogP contribution >= 0.6 is 11.3 Å². The number of amides is 1. The summed E-state index contributed by atoms with van der Waals surface area (Å²) < 4.78 is 19.5. The van der Waals surface area contributed by atoms with E-state index in [-0.39, 0.29) is 18.2 Å². The zero-order chi connectivity index (χ0) is 20.4. The van der Waals surface area contributed by atoms with Crippen LogP contribution in [-0.2, 0) is 29.0 Å². The number of hydrogen-bond acceptors (Lipinski definition) is 5. The third kappa shape index (κ3) is 4.05. The number of hydrogen-bond donors (Lipinski definition) is 0. The first kappa shape index (κ1) is 19.3. The molecule has 0 saturated carbocycles. The van der Waals surface area contributed by atoms with Crippen molar-refractivity contribution in [2.24, 2.45) is 0 Å². The standard InChI is InChI=1S/C22H19FN2O3S/c1-14(26)25(20-8-3-2-7-19(20)23)22-24-18(13-29-22)12-28-21(27)17-10-9-15-5-4-6-16(15)11-17/h2-3,7-11,13H,4-6,12H2,1H3. The molecule has 1 aromatic heterocycles. The number of carbonyl (C=O) groups is 2. The lowest BCUT2D eigenvalue weighted by Crippen LogP contribution is -2.23. The van der Waals surface area contributed by atoms with Crippen molar-refractivity contribution >= 4 is 34.0 Å². The van der Waals surface area contributed by atoms with Gasteiger partial charge in [-0.05, 0) is 54.7 Å². The molecule has 148 valence electrons. The Morgan fingerprint density at radius 2 is 1.97 bits per heavy atom. The number of rotatable bonds is 5. The van der Waals surface area contributed by atoms with Gasteiger partial charge in [0.1, 0.15) is 12.4 Å². The van der Waals surface area contributed by atoms with Gasteiger partial charge in [-0.2, -0.15) is 0 Å². The van der Waals surface area contributed by atoms with Gasteiger partial charge in [0, 0.05) is 12.3 Å². The SMILES string of the molecule is CC(=O)N(c1nc(COC(=O)c2ccc3c(c2)CCC3)cs1)c1ccccc1F. The Hall–Kier alpha value is -3.06. The first-order valence-electron chi connectivity index (χ1n) is 9.31. The Balaban J connectivity index is 1.47. The van der Waals surface area contributed by atoms with Crippen LogP contribution in [0.15, 0.2) is 47.8 Å². The Labute approximate surface area is 171 Å². The highest BCUT2D eigenvalue weighted by atomic mass is 32.1. The van der Waals surface area contributed by atoms with Crippen molar-refractivity contribution in [2.45, 2.75) is 32.8 Å². The van der Waals surface area contributed by atoms with E-state index in [2.05, 4.69) is 4.98 Å². The molecule has 3 aromatic rings. The Morgan fingerprint density at radius 3 is 2.76 bits per heavy atom. The molecule has 0 spiro atoms. The quantitative estimate of drug-likeness (QED) is 0.566. The molecule has 1 aliphatic rings. The van der Waals surface area contributed by atoms with Gasteiger partial charge in [0.05, 0.1) is 16.9 Å². The average Bonchev–Trinajstić information content (AvgIpc) is 3.36. The summed E-state index contributed by atoms with van der Waals surface area (Å²) in [6.45, 7) is 1.33. The second-order valence-corrected chi connectivity index (χ2v) is 7.68. The predicted molar refractivity (Wildman–Crippen MR) is 109 cm³/mol. The molecular formula is C22H19FN2O3S. The molecule has 7 heteroatoms. The van der Waals surface area contributed by atoms with Crippen LogP contribution in [0.1, 0.15) is 40.5 Å². The lowest BCUT2D eigenvalue weighted by Gasteiger charge is -2.18. The van der Waals surface area contributed by atoms with E-state index in [4.69, 9.17) is 4.74 Å². The zero-order valence-corrected chi connectivity index (χ0v) is 16.7. The van der Waals surface area contributed by atoms with Crippen LogP contribution in [0, 0.1) is 5.82 Å². The van der Waals surface area contributed by atoms with Gasteiger partial charge in [0.15, 0.2) is 5.13 Å². The van der Waals surface area contributed by atoms with E-state index in [0.717, 1.165) is 19.3 Å². The first-order chi connectivity index (χ1) is 14.0. The molecule has 0 unspecified atom stereocenters. The second-order valence-electron chi connectivity index (χ2n) is 6.84. The van der Waals surface area contributed by atoms with Gasteiger partial charge in [-0.25, -0.2) is 14.2 Å². The summed E-state index contributed by atoms with van der Waals surface area (Å²) >= 11 is 1.19. The topological polar surface area (TPSA) is 59.5 Å². The number of anilines is 2. The molecular weight excluding hydrogens is 391 g/mol. The minimum absolute atomic E-state index is 0.0184. The van der Waals surface area contributed by atoms with Crippen molar-refractivity contribution in [3.05, 3.63) is 76.0 Å².